The fourth-order valence-electron chi connectivity index (χ4n) is 3.29. The van der Waals surface area contributed by atoms with Crippen LogP contribution < -0.4 is 0 Å². The highest BCUT2D eigenvalue weighted by atomic mass is 35.5. The second-order valence-corrected chi connectivity index (χ2v) is 8.18. The number of carbonyl (C=O) groups is 2. The first kappa shape index (κ1) is 20.1. The minimum absolute atomic E-state index is 0.0764. The predicted octanol–water partition coefficient (Wildman–Crippen LogP) is 3.14. The minimum Gasteiger partial charge on any atom is -0.461 e. The normalized spacial score (nSPS) is 12.4. The second-order valence-electron chi connectivity index (χ2n) is 7.74. The molecule has 0 spiro atoms. The predicted molar refractivity (Wildman–Crippen MR) is 107 cm³/mol. The third-order valence-electron chi connectivity index (χ3n) is 4.45. The largest absolute Gasteiger partial charge is 0.461 e. The first-order valence-corrected chi connectivity index (χ1v) is 9.79. The van der Waals surface area contributed by atoms with Gasteiger partial charge >= 0.3 is 11.9 Å². The number of halogens is 1. The summed E-state index contributed by atoms with van der Waals surface area (Å²) in [5.41, 5.74) is 1.88. The number of aromatic nitrogens is 5. The zero-order chi connectivity index (χ0) is 21.6. The number of rotatable bonds is 3. The van der Waals surface area contributed by atoms with E-state index in [4.69, 9.17) is 21.1 Å². The van der Waals surface area contributed by atoms with E-state index in [1.807, 2.05) is 0 Å². The van der Waals surface area contributed by atoms with Crippen molar-refractivity contribution in [3.05, 3.63) is 52.3 Å². The van der Waals surface area contributed by atoms with Gasteiger partial charge in [0.2, 0.25) is 0 Å². The SMILES string of the molecule is CCOC(=O)c1nnn2c1Cc1c(C(=O)OC(C)(C)C)ncn1-c1ccc(Cl)cc1-2. The molecule has 10 heteroatoms. The Kier molecular flexibility index (Phi) is 4.85. The molecule has 4 rings (SSSR count). The molecule has 3 heterocycles. The maximum atomic E-state index is 12.8. The topological polar surface area (TPSA) is 101 Å². The molecular formula is C20H20ClN5O4. The lowest BCUT2D eigenvalue weighted by atomic mass is 10.1. The first-order chi connectivity index (χ1) is 14.2. The molecule has 0 bridgehead atoms. The number of hydrogen-bond acceptors (Lipinski definition) is 7. The molecule has 0 unspecified atom stereocenters. The Labute approximate surface area is 177 Å². The maximum Gasteiger partial charge on any atom is 0.360 e. The monoisotopic (exact) mass is 429 g/mol. The van der Waals surface area contributed by atoms with Crippen molar-refractivity contribution in [2.75, 3.05) is 6.61 Å². The van der Waals surface area contributed by atoms with E-state index in [1.165, 1.54) is 0 Å². The summed E-state index contributed by atoms with van der Waals surface area (Å²) in [7, 11) is 0. The van der Waals surface area contributed by atoms with Gasteiger partial charge in [0.1, 0.15) is 11.9 Å². The van der Waals surface area contributed by atoms with Gasteiger partial charge in [-0.2, -0.15) is 0 Å². The molecule has 0 atom stereocenters. The number of nitrogens with zero attached hydrogens (tertiary/aromatic N) is 5. The Bertz CT molecular complexity index is 1160. The highest BCUT2D eigenvalue weighted by molar-refractivity contribution is 6.30. The van der Waals surface area contributed by atoms with E-state index in [1.54, 1.807) is 61.5 Å². The van der Waals surface area contributed by atoms with Crippen LogP contribution in [0.15, 0.2) is 24.5 Å². The number of carbonyl (C=O) groups excluding carboxylic acids is 2. The number of benzene rings is 1. The van der Waals surface area contributed by atoms with Crippen LogP contribution in [0.4, 0.5) is 0 Å². The summed E-state index contributed by atoms with van der Waals surface area (Å²) in [5.74, 6) is -1.14. The standard InChI is InChI=1S/C20H20ClN5O4/c1-5-29-18(27)17-15-9-14-16(19(28)30-20(2,3)4)22-10-25(14)12-7-6-11(21)8-13(12)26(15)24-23-17/h6-8,10H,5,9H2,1-4H3. The van der Waals surface area contributed by atoms with Crippen molar-refractivity contribution >= 4 is 23.5 Å². The highest BCUT2D eigenvalue weighted by Gasteiger charge is 2.32. The third-order valence-corrected chi connectivity index (χ3v) is 4.69. The zero-order valence-corrected chi connectivity index (χ0v) is 17.7. The summed E-state index contributed by atoms with van der Waals surface area (Å²) in [5, 5.41) is 8.67. The van der Waals surface area contributed by atoms with Crippen LogP contribution in [-0.4, -0.2) is 48.7 Å². The van der Waals surface area contributed by atoms with Crippen LogP contribution in [0.25, 0.3) is 11.4 Å². The van der Waals surface area contributed by atoms with Gasteiger partial charge in [-0.15, -0.1) is 5.10 Å². The van der Waals surface area contributed by atoms with Crippen LogP contribution in [0.1, 0.15) is 60.1 Å². The summed E-state index contributed by atoms with van der Waals surface area (Å²) < 4.78 is 14.0. The van der Waals surface area contributed by atoms with Crippen molar-refractivity contribution in [1.29, 1.82) is 0 Å². The van der Waals surface area contributed by atoms with Crippen molar-refractivity contribution in [1.82, 2.24) is 24.5 Å². The lowest BCUT2D eigenvalue weighted by Gasteiger charge is -2.19. The van der Waals surface area contributed by atoms with Gasteiger partial charge in [-0.1, -0.05) is 16.8 Å². The molecule has 0 N–H and O–H groups in total. The van der Waals surface area contributed by atoms with E-state index in [0.717, 1.165) is 0 Å². The number of imidazole rings is 1. The summed E-state index contributed by atoms with van der Waals surface area (Å²) in [6, 6.07) is 5.24. The van der Waals surface area contributed by atoms with Gasteiger partial charge in [-0.3, -0.25) is 4.57 Å². The molecule has 3 aromatic rings. The van der Waals surface area contributed by atoms with Crippen LogP contribution in [0.5, 0.6) is 0 Å². The molecule has 0 amide bonds. The van der Waals surface area contributed by atoms with E-state index >= 15 is 0 Å². The van der Waals surface area contributed by atoms with Gasteiger partial charge < -0.3 is 9.47 Å². The Morgan fingerprint density at radius 2 is 1.90 bits per heavy atom. The van der Waals surface area contributed by atoms with Crippen LogP contribution in [-0.2, 0) is 15.9 Å². The maximum absolute atomic E-state index is 12.8. The lowest BCUT2D eigenvalue weighted by Crippen LogP contribution is -2.25. The molecule has 2 aromatic heterocycles. The van der Waals surface area contributed by atoms with E-state index in [0.29, 0.717) is 27.8 Å². The molecule has 0 aliphatic carbocycles. The Morgan fingerprint density at radius 1 is 1.13 bits per heavy atom. The summed E-state index contributed by atoms with van der Waals surface area (Å²) in [6.07, 6.45) is 1.72. The molecule has 0 saturated carbocycles. The van der Waals surface area contributed by atoms with Crippen LogP contribution >= 0.6 is 11.6 Å². The van der Waals surface area contributed by atoms with Crippen molar-refractivity contribution in [2.24, 2.45) is 0 Å². The van der Waals surface area contributed by atoms with E-state index in [2.05, 4.69) is 15.3 Å². The van der Waals surface area contributed by atoms with Gasteiger partial charge in [0.25, 0.3) is 0 Å². The molecule has 0 saturated heterocycles. The van der Waals surface area contributed by atoms with Gasteiger partial charge in [-0.25, -0.2) is 19.3 Å². The van der Waals surface area contributed by atoms with E-state index < -0.39 is 17.5 Å². The van der Waals surface area contributed by atoms with Crippen molar-refractivity contribution < 1.29 is 19.1 Å². The fraction of sp³-hybridized carbons (Fsp3) is 0.350. The molecule has 0 fully saturated rings. The summed E-state index contributed by atoms with van der Waals surface area (Å²) in [6.45, 7) is 7.28. The Hall–Kier alpha value is -3.20. The highest BCUT2D eigenvalue weighted by Crippen LogP contribution is 2.32. The van der Waals surface area contributed by atoms with Crippen LogP contribution in [0.3, 0.4) is 0 Å². The van der Waals surface area contributed by atoms with Gasteiger partial charge in [0.05, 0.1) is 29.4 Å². The van der Waals surface area contributed by atoms with E-state index in [9.17, 15) is 9.59 Å². The number of fused-ring (bicyclic) bond motifs is 5. The van der Waals surface area contributed by atoms with Crippen LogP contribution in [0.2, 0.25) is 5.02 Å². The smallest absolute Gasteiger partial charge is 0.360 e. The second kappa shape index (κ2) is 7.24. The molecular weight excluding hydrogens is 410 g/mol. The molecule has 156 valence electrons. The molecule has 0 radical (unpaired) electrons. The minimum atomic E-state index is -0.677. The summed E-state index contributed by atoms with van der Waals surface area (Å²) >= 11 is 6.22. The third kappa shape index (κ3) is 3.45. The molecule has 30 heavy (non-hydrogen) atoms. The number of hydrogen-bond donors (Lipinski definition) is 0. The van der Waals surface area contributed by atoms with Gasteiger partial charge in [-0.05, 0) is 45.9 Å². The average Bonchev–Trinajstić information content (AvgIpc) is 3.23. The van der Waals surface area contributed by atoms with Crippen LogP contribution in [0, 0.1) is 0 Å². The van der Waals surface area contributed by atoms with E-state index in [-0.39, 0.29) is 24.4 Å². The Balaban J connectivity index is 1.92. The number of ether oxygens (including phenoxy) is 2. The Morgan fingerprint density at radius 3 is 2.60 bits per heavy atom. The van der Waals surface area contributed by atoms with Gasteiger partial charge in [0.15, 0.2) is 11.4 Å². The molecule has 1 aliphatic rings. The van der Waals surface area contributed by atoms with Crippen molar-refractivity contribution in [3.63, 3.8) is 0 Å². The van der Waals surface area contributed by atoms with Crippen molar-refractivity contribution in [3.8, 4) is 11.4 Å². The fourth-order valence-corrected chi connectivity index (χ4v) is 3.45. The quantitative estimate of drug-likeness (QED) is 0.461. The first-order valence-electron chi connectivity index (χ1n) is 9.41. The average molecular weight is 430 g/mol. The van der Waals surface area contributed by atoms with Gasteiger partial charge in [0, 0.05) is 11.4 Å². The zero-order valence-electron chi connectivity index (χ0n) is 17.0. The molecule has 1 aromatic carbocycles. The van der Waals surface area contributed by atoms with Crippen molar-refractivity contribution in [2.45, 2.75) is 39.7 Å². The lowest BCUT2D eigenvalue weighted by molar-refractivity contribution is 0.00620. The number of esters is 2. The molecule has 9 nitrogen and oxygen atoms in total. The summed E-state index contributed by atoms with van der Waals surface area (Å²) in [4.78, 5) is 29.5. The molecule has 1 aliphatic heterocycles.